The minimum atomic E-state index is -4.74. The first-order valence-corrected chi connectivity index (χ1v) is 9.52. The average molecular weight is 457 g/mol. The third kappa shape index (κ3) is 4.50. The molecule has 28 heavy (non-hydrogen) atoms. The normalized spacial score (nSPS) is 15.0. The summed E-state index contributed by atoms with van der Waals surface area (Å²) in [5.41, 5.74) is -1.16. The van der Waals surface area contributed by atoms with Gasteiger partial charge in [0.15, 0.2) is 6.61 Å². The number of aromatic nitrogens is 2. The predicted molar refractivity (Wildman–Crippen MR) is 99.5 cm³/mol. The van der Waals surface area contributed by atoms with E-state index in [4.69, 9.17) is 39.5 Å². The molecule has 0 aliphatic carbocycles. The number of hydrogen-bond acceptors (Lipinski definition) is 3. The summed E-state index contributed by atoms with van der Waals surface area (Å²) < 4.78 is 46.3. The molecule has 0 spiro atoms. The Bertz CT molecular complexity index is 857. The number of halogens is 6. The fourth-order valence-electron chi connectivity index (χ4n) is 2.93. The van der Waals surface area contributed by atoms with Gasteiger partial charge in [0.2, 0.25) is 5.88 Å². The minimum Gasteiger partial charge on any atom is -0.467 e. The summed E-state index contributed by atoms with van der Waals surface area (Å²) in [4.78, 5) is 13.9. The van der Waals surface area contributed by atoms with Gasteiger partial charge >= 0.3 is 6.18 Å². The lowest BCUT2D eigenvalue weighted by molar-refractivity contribution is -0.141. The first-order chi connectivity index (χ1) is 13.2. The van der Waals surface area contributed by atoms with Gasteiger partial charge in [-0.25, -0.2) is 0 Å². The van der Waals surface area contributed by atoms with Crippen LogP contribution in [0.4, 0.5) is 13.2 Å². The SMILES string of the molecule is O=C(COc1c(C(F)(F)F)cnn1-c1c(Cl)cc(Cl)cc1Cl)N1CCCCC1. The summed E-state index contributed by atoms with van der Waals surface area (Å²) in [6.07, 6.45) is -1.42. The molecule has 1 amide bonds. The van der Waals surface area contributed by atoms with E-state index in [0.29, 0.717) is 19.3 Å². The second kappa shape index (κ2) is 8.39. The molecule has 1 aliphatic heterocycles. The number of nitrogens with zero attached hydrogens (tertiary/aromatic N) is 3. The highest BCUT2D eigenvalue weighted by atomic mass is 35.5. The molecule has 0 unspecified atom stereocenters. The number of ether oxygens (including phenoxy) is 1. The van der Waals surface area contributed by atoms with Crippen molar-refractivity contribution < 1.29 is 22.7 Å². The van der Waals surface area contributed by atoms with Crippen LogP contribution in [0, 0.1) is 0 Å². The van der Waals surface area contributed by atoms with Crippen LogP contribution in [0.15, 0.2) is 18.3 Å². The maximum atomic E-state index is 13.4. The molecule has 5 nitrogen and oxygen atoms in total. The van der Waals surface area contributed by atoms with E-state index in [1.165, 1.54) is 12.1 Å². The number of hydrogen-bond donors (Lipinski definition) is 0. The molecule has 0 N–H and O–H groups in total. The third-order valence-electron chi connectivity index (χ3n) is 4.27. The van der Waals surface area contributed by atoms with Gasteiger partial charge in [-0.2, -0.15) is 23.0 Å². The summed E-state index contributed by atoms with van der Waals surface area (Å²) in [6.45, 7) is 0.558. The second-order valence-corrected chi connectivity index (χ2v) is 7.47. The topological polar surface area (TPSA) is 47.4 Å². The summed E-state index contributed by atoms with van der Waals surface area (Å²) in [5, 5.41) is 3.92. The molecule has 1 aromatic carbocycles. The summed E-state index contributed by atoms with van der Waals surface area (Å²) in [7, 11) is 0. The Morgan fingerprint density at radius 3 is 2.29 bits per heavy atom. The van der Waals surface area contributed by atoms with Crippen LogP contribution >= 0.6 is 34.8 Å². The van der Waals surface area contributed by atoms with Crippen LogP contribution in [0.5, 0.6) is 5.88 Å². The maximum absolute atomic E-state index is 13.4. The van der Waals surface area contributed by atoms with Gasteiger partial charge in [-0.15, -0.1) is 0 Å². The standard InChI is InChI=1S/C17H15Cl3F3N3O2/c18-10-6-12(19)15(13(20)7-10)26-16(11(8-24-26)17(21,22)23)28-9-14(27)25-4-2-1-3-5-25/h6-8H,1-5,9H2. The minimum absolute atomic E-state index is 0.0125. The van der Waals surface area contributed by atoms with Crippen LogP contribution in [-0.4, -0.2) is 40.3 Å². The Labute approximate surface area is 173 Å². The van der Waals surface area contributed by atoms with Crippen LogP contribution < -0.4 is 4.74 Å². The maximum Gasteiger partial charge on any atom is 0.423 e. The van der Waals surface area contributed by atoms with Gasteiger partial charge in [-0.3, -0.25) is 4.79 Å². The van der Waals surface area contributed by atoms with Crippen molar-refractivity contribution in [3.8, 4) is 11.6 Å². The molecule has 0 atom stereocenters. The second-order valence-electron chi connectivity index (χ2n) is 6.22. The number of piperidine rings is 1. The van der Waals surface area contributed by atoms with Crippen LogP contribution in [-0.2, 0) is 11.0 Å². The Balaban J connectivity index is 1.95. The fourth-order valence-corrected chi connectivity index (χ4v) is 3.91. The smallest absolute Gasteiger partial charge is 0.423 e. The molecule has 152 valence electrons. The van der Waals surface area contributed by atoms with Gasteiger partial charge in [-0.05, 0) is 31.4 Å². The van der Waals surface area contributed by atoms with Gasteiger partial charge < -0.3 is 9.64 Å². The van der Waals surface area contributed by atoms with E-state index < -0.39 is 30.1 Å². The third-order valence-corrected chi connectivity index (χ3v) is 5.06. The molecule has 2 aromatic rings. The molecule has 0 radical (unpaired) electrons. The van der Waals surface area contributed by atoms with Crippen LogP contribution in [0.25, 0.3) is 5.69 Å². The highest BCUT2D eigenvalue weighted by Gasteiger charge is 2.38. The Hall–Kier alpha value is -1.64. The molecule has 1 fully saturated rings. The van der Waals surface area contributed by atoms with Crippen molar-refractivity contribution in [1.29, 1.82) is 0 Å². The van der Waals surface area contributed by atoms with Crippen molar-refractivity contribution in [2.45, 2.75) is 25.4 Å². The van der Waals surface area contributed by atoms with E-state index in [1.807, 2.05) is 0 Å². The number of benzene rings is 1. The van der Waals surface area contributed by atoms with Gasteiger partial charge in [0, 0.05) is 18.1 Å². The monoisotopic (exact) mass is 455 g/mol. The lowest BCUT2D eigenvalue weighted by Crippen LogP contribution is -2.38. The van der Waals surface area contributed by atoms with Crippen molar-refractivity contribution in [3.05, 3.63) is 39.0 Å². The van der Waals surface area contributed by atoms with Crippen molar-refractivity contribution >= 4 is 40.7 Å². The highest BCUT2D eigenvalue weighted by molar-refractivity contribution is 6.40. The number of carbonyl (C=O) groups is 1. The molecular formula is C17H15Cl3F3N3O2. The van der Waals surface area contributed by atoms with Gasteiger partial charge in [0.05, 0.1) is 16.2 Å². The Kier molecular flexibility index (Phi) is 6.31. The van der Waals surface area contributed by atoms with Crippen LogP contribution in [0.2, 0.25) is 15.1 Å². The summed E-state index contributed by atoms with van der Waals surface area (Å²) in [6, 6.07) is 2.64. The zero-order chi connectivity index (χ0) is 20.5. The zero-order valence-corrected chi connectivity index (χ0v) is 16.7. The number of rotatable bonds is 4. The largest absolute Gasteiger partial charge is 0.467 e. The van der Waals surface area contributed by atoms with E-state index >= 15 is 0 Å². The number of likely N-dealkylation sites (tertiary alicyclic amines) is 1. The Morgan fingerprint density at radius 1 is 1.11 bits per heavy atom. The average Bonchev–Trinajstić information content (AvgIpc) is 3.03. The predicted octanol–water partition coefficient (Wildman–Crippen LogP) is 5.24. The first kappa shape index (κ1) is 21.1. The molecule has 3 rings (SSSR count). The number of alkyl halides is 3. The van der Waals surface area contributed by atoms with E-state index in [9.17, 15) is 18.0 Å². The van der Waals surface area contributed by atoms with Crippen molar-refractivity contribution in [3.63, 3.8) is 0 Å². The van der Waals surface area contributed by atoms with E-state index in [-0.39, 0.29) is 20.8 Å². The zero-order valence-electron chi connectivity index (χ0n) is 14.4. The fraction of sp³-hybridized carbons (Fsp3) is 0.412. The molecule has 1 saturated heterocycles. The molecular weight excluding hydrogens is 442 g/mol. The molecule has 1 aromatic heterocycles. The summed E-state index contributed by atoms with van der Waals surface area (Å²) in [5.74, 6) is -1.06. The van der Waals surface area contributed by atoms with Crippen LogP contribution in [0.1, 0.15) is 24.8 Å². The molecule has 1 aliphatic rings. The van der Waals surface area contributed by atoms with Crippen LogP contribution in [0.3, 0.4) is 0 Å². The lowest BCUT2D eigenvalue weighted by Gasteiger charge is -2.26. The number of amides is 1. The van der Waals surface area contributed by atoms with E-state index in [1.54, 1.807) is 4.90 Å². The van der Waals surface area contributed by atoms with Crippen molar-refractivity contribution in [2.75, 3.05) is 19.7 Å². The van der Waals surface area contributed by atoms with Gasteiger partial charge in [0.1, 0.15) is 11.3 Å². The molecule has 0 bridgehead atoms. The highest BCUT2D eigenvalue weighted by Crippen LogP contribution is 2.40. The molecule has 11 heteroatoms. The molecule has 0 saturated carbocycles. The molecule has 2 heterocycles. The first-order valence-electron chi connectivity index (χ1n) is 8.39. The van der Waals surface area contributed by atoms with E-state index in [2.05, 4.69) is 5.10 Å². The number of carbonyl (C=O) groups excluding carboxylic acids is 1. The Morgan fingerprint density at radius 2 is 1.71 bits per heavy atom. The lowest BCUT2D eigenvalue weighted by atomic mass is 10.1. The quantitative estimate of drug-likeness (QED) is 0.632. The van der Waals surface area contributed by atoms with Gasteiger partial charge in [-0.1, -0.05) is 34.8 Å². The van der Waals surface area contributed by atoms with Gasteiger partial charge in [0.25, 0.3) is 5.91 Å². The van der Waals surface area contributed by atoms with Crippen molar-refractivity contribution in [2.24, 2.45) is 0 Å². The van der Waals surface area contributed by atoms with Crippen molar-refractivity contribution in [1.82, 2.24) is 14.7 Å². The summed E-state index contributed by atoms with van der Waals surface area (Å²) >= 11 is 18.1. The van der Waals surface area contributed by atoms with E-state index in [0.717, 1.165) is 23.9 Å².